The maximum Gasteiger partial charge on any atom is 0.116 e. The molecule has 0 aliphatic rings. The van der Waals surface area contributed by atoms with Crippen LogP contribution in [0.15, 0.2) is 46.7 Å². The molecule has 0 bridgehead atoms. The van der Waals surface area contributed by atoms with Crippen molar-refractivity contribution in [3.05, 3.63) is 47.4 Å². The second-order valence-electron chi connectivity index (χ2n) is 5.51. The van der Waals surface area contributed by atoms with E-state index in [0.717, 1.165) is 21.5 Å². The number of nitrogens with zero attached hydrogens (tertiary/aromatic N) is 2. The van der Waals surface area contributed by atoms with Gasteiger partial charge in [-0.25, -0.2) is 9.97 Å². The Morgan fingerprint density at radius 3 is 2.70 bits per heavy atom. The Balaban J connectivity index is 2.19. The molecule has 5 heteroatoms. The van der Waals surface area contributed by atoms with Gasteiger partial charge in [0.15, 0.2) is 0 Å². The predicted molar refractivity (Wildman–Crippen MR) is 84.2 cm³/mol. The third-order valence-electron chi connectivity index (χ3n) is 2.60. The summed E-state index contributed by atoms with van der Waals surface area (Å²) in [6.45, 7) is 7.22. The van der Waals surface area contributed by atoms with Crippen LogP contribution in [0.3, 0.4) is 0 Å². The van der Waals surface area contributed by atoms with Crippen LogP contribution < -0.4 is 5.32 Å². The molecule has 1 aromatic heterocycles. The van der Waals surface area contributed by atoms with Gasteiger partial charge in [-0.1, -0.05) is 23.4 Å². The lowest BCUT2D eigenvalue weighted by molar-refractivity contribution is 0.422. The number of nitrogens with one attached hydrogen (secondary N) is 1. The number of rotatable bonds is 4. The summed E-state index contributed by atoms with van der Waals surface area (Å²) in [7, 11) is 0. The van der Waals surface area contributed by atoms with Crippen molar-refractivity contribution in [1.29, 1.82) is 0 Å². The summed E-state index contributed by atoms with van der Waals surface area (Å²) in [4.78, 5) is 9.34. The van der Waals surface area contributed by atoms with Crippen LogP contribution in [0, 0.1) is 0 Å². The molecule has 3 nitrogen and oxygen atoms in total. The lowest BCUT2D eigenvalue weighted by Crippen LogP contribution is -2.35. The van der Waals surface area contributed by atoms with Gasteiger partial charge in [0.25, 0.3) is 0 Å². The van der Waals surface area contributed by atoms with Crippen molar-refractivity contribution in [2.75, 3.05) is 0 Å². The fraction of sp³-hybridized carbons (Fsp3) is 0.333. The zero-order valence-electron chi connectivity index (χ0n) is 11.9. The predicted octanol–water partition coefficient (Wildman–Crippen LogP) is 4.17. The minimum atomic E-state index is 0.0686. The van der Waals surface area contributed by atoms with Gasteiger partial charge in [-0.15, -0.1) is 0 Å². The van der Waals surface area contributed by atoms with Crippen molar-refractivity contribution in [1.82, 2.24) is 15.3 Å². The highest BCUT2D eigenvalue weighted by Crippen LogP contribution is 2.30. The molecular formula is C15H18ClN3S. The molecule has 2 rings (SSSR count). The average Bonchev–Trinajstić information content (AvgIpc) is 2.39. The molecule has 0 aliphatic heterocycles. The molecule has 0 amide bonds. The lowest BCUT2D eigenvalue weighted by Gasteiger charge is -2.21. The molecule has 0 fully saturated rings. The molecule has 0 atom stereocenters. The molecule has 0 aliphatic carbocycles. The smallest absolute Gasteiger partial charge is 0.116 e. The maximum absolute atomic E-state index is 6.11. The number of halogens is 1. The van der Waals surface area contributed by atoms with E-state index in [1.807, 2.05) is 24.3 Å². The molecule has 1 heterocycles. The molecule has 0 spiro atoms. The summed E-state index contributed by atoms with van der Waals surface area (Å²) in [6.07, 6.45) is 3.31. The van der Waals surface area contributed by atoms with E-state index in [4.69, 9.17) is 11.6 Å². The monoisotopic (exact) mass is 307 g/mol. The van der Waals surface area contributed by atoms with Gasteiger partial charge >= 0.3 is 0 Å². The van der Waals surface area contributed by atoms with Crippen LogP contribution in [-0.4, -0.2) is 15.5 Å². The Hall–Kier alpha value is -1.10. The first-order valence-corrected chi connectivity index (χ1v) is 7.61. The number of hydrogen-bond donors (Lipinski definition) is 1. The van der Waals surface area contributed by atoms with Crippen LogP contribution in [0.5, 0.6) is 0 Å². The highest BCUT2D eigenvalue weighted by Gasteiger charge is 2.12. The standard InChI is InChI=1S/C15H18ClN3S/c1-15(2,3)19-9-11-8-12(16)4-5-13(11)20-14-6-7-17-10-18-14/h4-8,10,19H,9H2,1-3H3. The Kier molecular flexibility index (Phi) is 5.02. The SMILES string of the molecule is CC(C)(C)NCc1cc(Cl)ccc1Sc1ccncn1. The van der Waals surface area contributed by atoms with E-state index in [1.165, 1.54) is 5.56 Å². The highest BCUT2D eigenvalue weighted by molar-refractivity contribution is 7.99. The van der Waals surface area contributed by atoms with Crippen molar-refractivity contribution in [2.45, 2.75) is 42.8 Å². The van der Waals surface area contributed by atoms with E-state index in [2.05, 4.69) is 36.1 Å². The van der Waals surface area contributed by atoms with E-state index >= 15 is 0 Å². The number of benzene rings is 1. The summed E-state index contributed by atoms with van der Waals surface area (Å²) in [5, 5.41) is 5.17. The van der Waals surface area contributed by atoms with Gasteiger partial charge in [0.2, 0.25) is 0 Å². The van der Waals surface area contributed by atoms with Gasteiger partial charge in [-0.3, -0.25) is 0 Å². The molecule has 1 N–H and O–H groups in total. The molecule has 0 saturated carbocycles. The minimum absolute atomic E-state index is 0.0686. The van der Waals surface area contributed by atoms with E-state index in [9.17, 15) is 0 Å². The Bertz CT molecular complexity index is 567. The summed E-state index contributed by atoms with van der Waals surface area (Å²) in [5.41, 5.74) is 1.25. The quantitative estimate of drug-likeness (QED) is 0.860. The topological polar surface area (TPSA) is 37.8 Å². The Morgan fingerprint density at radius 1 is 1.25 bits per heavy atom. The molecule has 1 aromatic carbocycles. The zero-order chi connectivity index (χ0) is 14.6. The fourth-order valence-electron chi connectivity index (χ4n) is 1.60. The van der Waals surface area contributed by atoms with Crippen molar-refractivity contribution in [2.24, 2.45) is 0 Å². The molecule has 2 aromatic rings. The van der Waals surface area contributed by atoms with Gasteiger partial charge < -0.3 is 5.32 Å². The third-order valence-corrected chi connectivity index (χ3v) is 3.90. The van der Waals surface area contributed by atoms with Gasteiger partial charge in [-0.2, -0.15) is 0 Å². The van der Waals surface area contributed by atoms with Crippen LogP contribution in [0.25, 0.3) is 0 Å². The van der Waals surface area contributed by atoms with E-state index in [-0.39, 0.29) is 5.54 Å². The van der Waals surface area contributed by atoms with E-state index in [1.54, 1.807) is 24.3 Å². The highest BCUT2D eigenvalue weighted by atomic mass is 35.5. The first-order valence-electron chi connectivity index (χ1n) is 6.41. The number of hydrogen-bond acceptors (Lipinski definition) is 4. The minimum Gasteiger partial charge on any atom is -0.308 e. The van der Waals surface area contributed by atoms with Crippen molar-refractivity contribution < 1.29 is 0 Å². The second kappa shape index (κ2) is 6.57. The molecular weight excluding hydrogens is 290 g/mol. The van der Waals surface area contributed by atoms with Crippen LogP contribution in [0.2, 0.25) is 5.02 Å². The van der Waals surface area contributed by atoms with Crippen LogP contribution in [0.1, 0.15) is 26.3 Å². The summed E-state index contributed by atoms with van der Waals surface area (Å²) >= 11 is 7.73. The van der Waals surface area contributed by atoms with E-state index in [0.29, 0.717) is 0 Å². The fourth-order valence-corrected chi connectivity index (χ4v) is 2.64. The summed E-state index contributed by atoms with van der Waals surface area (Å²) in [6, 6.07) is 7.85. The summed E-state index contributed by atoms with van der Waals surface area (Å²) in [5.74, 6) is 0. The maximum atomic E-state index is 6.11. The second-order valence-corrected chi connectivity index (χ2v) is 7.00. The normalized spacial score (nSPS) is 11.6. The first kappa shape index (κ1) is 15.3. The Labute approximate surface area is 129 Å². The van der Waals surface area contributed by atoms with Crippen LogP contribution in [-0.2, 0) is 6.54 Å². The van der Waals surface area contributed by atoms with Crippen LogP contribution in [0.4, 0.5) is 0 Å². The van der Waals surface area contributed by atoms with Crippen LogP contribution >= 0.6 is 23.4 Å². The lowest BCUT2D eigenvalue weighted by atomic mass is 10.1. The molecule has 20 heavy (non-hydrogen) atoms. The molecule has 0 saturated heterocycles. The van der Waals surface area contributed by atoms with Gasteiger partial charge in [0.1, 0.15) is 11.4 Å². The van der Waals surface area contributed by atoms with Crippen molar-refractivity contribution in [3.8, 4) is 0 Å². The average molecular weight is 308 g/mol. The number of aromatic nitrogens is 2. The van der Waals surface area contributed by atoms with E-state index < -0.39 is 0 Å². The molecule has 0 unspecified atom stereocenters. The zero-order valence-corrected chi connectivity index (χ0v) is 13.4. The third kappa shape index (κ3) is 4.78. The van der Waals surface area contributed by atoms with Crippen molar-refractivity contribution >= 4 is 23.4 Å². The summed E-state index contributed by atoms with van der Waals surface area (Å²) < 4.78 is 0. The first-order chi connectivity index (χ1) is 9.44. The Morgan fingerprint density at radius 2 is 2.05 bits per heavy atom. The van der Waals surface area contributed by atoms with Crippen molar-refractivity contribution in [3.63, 3.8) is 0 Å². The van der Waals surface area contributed by atoms with Gasteiger partial charge in [0, 0.05) is 28.2 Å². The van der Waals surface area contributed by atoms with Gasteiger partial charge in [-0.05, 0) is 50.6 Å². The molecule has 106 valence electrons. The largest absolute Gasteiger partial charge is 0.308 e. The van der Waals surface area contributed by atoms with Gasteiger partial charge in [0.05, 0.1) is 0 Å². The molecule has 0 radical (unpaired) electrons.